The second-order valence-corrected chi connectivity index (χ2v) is 4.77. The summed E-state index contributed by atoms with van der Waals surface area (Å²) in [5.41, 5.74) is 0.869. The number of aliphatic hydroxyl groups excluding tert-OH is 1. The third kappa shape index (κ3) is 2.51. The molecule has 0 aliphatic carbocycles. The first-order chi connectivity index (χ1) is 10.6. The van der Waals surface area contributed by atoms with Gasteiger partial charge in [0.1, 0.15) is 12.2 Å². The standard InChI is InChI=1S/C14H14N4O4/c19-4-3-18-13(21)6-11(14(18)22)16-8-1-2-9-10(5-8)17-12(20)7-15-9/h1-2,5-6,16,19,21-22H,3-4,7H2. The number of aromatic nitrogens is 1. The Kier molecular flexibility index (Phi) is 3.51. The largest absolute Gasteiger partial charge is 0.494 e. The number of rotatable bonds is 4. The fourth-order valence-electron chi connectivity index (χ4n) is 2.24. The molecule has 0 spiro atoms. The average molecular weight is 302 g/mol. The molecule has 2 heterocycles. The minimum absolute atomic E-state index is 0.0540. The van der Waals surface area contributed by atoms with Gasteiger partial charge in [0.15, 0.2) is 5.88 Å². The number of benzene rings is 1. The maximum atomic E-state index is 11.3. The van der Waals surface area contributed by atoms with Crippen LogP contribution in [0.5, 0.6) is 11.8 Å². The molecule has 3 rings (SSSR count). The van der Waals surface area contributed by atoms with Crippen LogP contribution >= 0.6 is 0 Å². The molecule has 2 aromatic rings. The van der Waals surface area contributed by atoms with Crippen molar-refractivity contribution >= 4 is 17.3 Å². The van der Waals surface area contributed by atoms with Crippen molar-refractivity contribution in [3.8, 4) is 11.8 Å². The number of hydrogen-bond donors (Lipinski definition) is 4. The van der Waals surface area contributed by atoms with E-state index in [2.05, 4.69) is 15.3 Å². The molecular weight excluding hydrogens is 288 g/mol. The van der Waals surface area contributed by atoms with E-state index in [-0.39, 0.29) is 43.1 Å². The molecule has 114 valence electrons. The van der Waals surface area contributed by atoms with Crippen molar-refractivity contribution in [1.82, 2.24) is 4.57 Å². The maximum absolute atomic E-state index is 11.3. The van der Waals surface area contributed by atoms with Crippen LogP contribution in [0.1, 0.15) is 0 Å². The number of carbonyl (C=O) groups excluding carboxylic acids is 1. The van der Waals surface area contributed by atoms with Crippen molar-refractivity contribution in [3.63, 3.8) is 0 Å². The van der Waals surface area contributed by atoms with Crippen LogP contribution < -0.4 is 16.0 Å². The third-order valence-electron chi connectivity index (χ3n) is 3.25. The van der Waals surface area contributed by atoms with Gasteiger partial charge < -0.3 is 20.6 Å². The molecule has 0 unspecified atom stereocenters. The van der Waals surface area contributed by atoms with Crippen molar-refractivity contribution in [2.24, 2.45) is 9.98 Å². The van der Waals surface area contributed by atoms with Gasteiger partial charge in [0, 0.05) is 11.8 Å². The smallest absolute Gasteiger partial charge is 0.267 e. The number of hydrogen-bond acceptors (Lipinski definition) is 6. The minimum atomic E-state index is -0.306. The number of aliphatic hydroxyl groups is 1. The van der Waals surface area contributed by atoms with Crippen molar-refractivity contribution in [2.75, 3.05) is 18.5 Å². The maximum Gasteiger partial charge on any atom is 0.267 e. The Morgan fingerprint density at radius 1 is 1.23 bits per heavy atom. The lowest BCUT2D eigenvalue weighted by atomic mass is 10.2. The highest BCUT2D eigenvalue weighted by Gasteiger charge is 2.14. The number of nitrogens with zero attached hydrogens (tertiary/aromatic N) is 3. The van der Waals surface area contributed by atoms with E-state index in [1.165, 1.54) is 10.6 Å². The van der Waals surface area contributed by atoms with Crippen molar-refractivity contribution in [2.45, 2.75) is 6.54 Å². The van der Waals surface area contributed by atoms with Crippen LogP contribution in [0.15, 0.2) is 34.3 Å². The zero-order chi connectivity index (χ0) is 15.7. The molecule has 22 heavy (non-hydrogen) atoms. The highest BCUT2D eigenvalue weighted by molar-refractivity contribution is 5.79. The summed E-state index contributed by atoms with van der Waals surface area (Å²) in [6, 6.07) is 6.43. The van der Waals surface area contributed by atoms with Crippen LogP contribution in [0.25, 0.3) is 0 Å². The molecule has 0 saturated carbocycles. The first-order valence-corrected chi connectivity index (χ1v) is 6.64. The van der Waals surface area contributed by atoms with Gasteiger partial charge in [0.2, 0.25) is 5.88 Å². The highest BCUT2D eigenvalue weighted by Crippen LogP contribution is 2.33. The Morgan fingerprint density at radius 3 is 2.82 bits per heavy atom. The topological polar surface area (TPSA) is 119 Å². The van der Waals surface area contributed by atoms with E-state index in [1.54, 1.807) is 18.2 Å². The predicted octanol–water partition coefficient (Wildman–Crippen LogP) is -0.585. The van der Waals surface area contributed by atoms with Crippen LogP contribution in [-0.4, -0.2) is 38.9 Å². The lowest BCUT2D eigenvalue weighted by Crippen LogP contribution is -2.31. The van der Waals surface area contributed by atoms with E-state index in [1.807, 2.05) is 0 Å². The number of fused-ring (bicyclic) bond motifs is 1. The molecule has 0 fully saturated rings. The summed E-state index contributed by atoms with van der Waals surface area (Å²) < 4.78 is 1.17. The van der Waals surface area contributed by atoms with Gasteiger partial charge in [0.05, 0.1) is 23.9 Å². The van der Waals surface area contributed by atoms with E-state index in [0.717, 1.165) is 0 Å². The molecule has 0 radical (unpaired) electrons. The Balaban J connectivity index is 1.95. The number of carbonyl (C=O) groups is 1. The molecule has 4 N–H and O–H groups in total. The van der Waals surface area contributed by atoms with Crippen LogP contribution in [-0.2, 0) is 11.3 Å². The van der Waals surface area contributed by atoms with Gasteiger partial charge in [-0.2, -0.15) is 0 Å². The van der Waals surface area contributed by atoms with Gasteiger partial charge >= 0.3 is 0 Å². The van der Waals surface area contributed by atoms with Gasteiger partial charge in [0.25, 0.3) is 5.91 Å². The Morgan fingerprint density at radius 2 is 2.05 bits per heavy atom. The lowest BCUT2D eigenvalue weighted by Gasteiger charge is -2.07. The SMILES string of the molecule is O=C1CN=c2ccc(Nc3cc(O)n(CCO)c3O)cc2=N1. The van der Waals surface area contributed by atoms with E-state index in [9.17, 15) is 15.0 Å². The second-order valence-electron chi connectivity index (χ2n) is 4.77. The summed E-state index contributed by atoms with van der Waals surface area (Å²) in [5, 5.41) is 32.7. The molecule has 0 atom stereocenters. The minimum Gasteiger partial charge on any atom is -0.494 e. The van der Waals surface area contributed by atoms with Crippen LogP contribution in [0.2, 0.25) is 0 Å². The van der Waals surface area contributed by atoms with Crippen molar-refractivity contribution in [3.05, 3.63) is 35.0 Å². The lowest BCUT2D eigenvalue weighted by molar-refractivity contribution is -0.116. The fourth-order valence-corrected chi connectivity index (χ4v) is 2.24. The van der Waals surface area contributed by atoms with E-state index >= 15 is 0 Å². The highest BCUT2D eigenvalue weighted by atomic mass is 16.3. The normalized spacial score (nSPS) is 13.2. The summed E-state index contributed by atoms with van der Waals surface area (Å²) in [7, 11) is 0. The molecule has 1 aromatic heterocycles. The molecule has 0 bridgehead atoms. The molecule has 1 amide bonds. The monoisotopic (exact) mass is 302 g/mol. The Bertz CT molecular complexity index is 856. The summed E-state index contributed by atoms with van der Waals surface area (Å²) in [5.74, 6) is -0.664. The molecule has 0 saturated heterocycles. The van der Waals surface area contributed by atoms with Gasteiger partial charge in [-0.3, -0.25) is 14.4 Å². The van der Waals surface area contributed by atoms with E-state index in [0.29, 0.717) is 16.4 Å². The summed E-state index contributed by atoms with van der Waals surface area (Å²) >= 11 is 0. The van der Waals surface area contributed by atoms with E-state index in [4.69, 9.17) is 5.11 Å². The van der Waals surface area contributed by atoms with Crippen LogP contribution in [0, 0.1) is 0 Å². The number of anilines is 2. The second kappa shape index (κ2) is 5.49. The average Bonchev–Trinajstić information content (AvgIpc) is 2.75. The Labute approximate surface area is 124 Å². The van der Waals surface area contributed by atoms with Crippen LogP contribution in [0.3, 0.4) is 0 Å². The molecule has 1 aliphatic heterocycles. The third-order valence-corrected chi connectivity index (χ3v) is 3.25. The van der Waals surface area contributed by atoms with Gasteiger partial charge in [-0.15, -0.1) is 0 Å². The Hall–Kier alpha value is -2.87. The van der Waals surface area contributed by atoms with Crippen molar-refractivity contribution < 1.29 is 20.1 Å². The molecule has 8 heteroatoms. The number of aromatic hydroxyl groups is 2. The fraction of sp³-hybridized carbons (Fsp3) is 0.214. The summed E-state index contributed by atoms with van der Waals surface area (Å²) in [6.45, 7) is -0.0821. The van der Waals surface area contributed by atoms with Gasteiger partial charge in [-0.1, -0.05) is 0 Å². The molecule has 1 aromatic carbocycles. The number of amides is 1. The van der Waals surface area contributed by atoms with E-state index < -0.39 is 0 Å². The summed E-state index contributed by atoms with van der Waals surface area (Å²) in [6.07, 6.45) is 0. The first-order valence-electron chi connectivity index (χ1n) is 6.64. The summed E-state index contributed by atoms with van der Waals surface area (Å²) in [4.78, 5) is 19.3. The molecular formula is C14H14N4O4. The number of nitrogens with one attached hydrogen (secondary N) is 1. The van der Waals surface area contributed by atoms with Crippen molar-refractivity contribution in [1.29, 1.82) is 0 Å². The predicted molar refractivity (Wildman–Crippen MR) is 76.8 cm³/mol. The first kappa shape index (κ1) is 14.1. The molecule has 1 aliphatic rings. The quantitative estimate of drug-likeness (QED) is 0.602. The molecule has 8 nitrogen and oxygen atoms in total. The van der Waals surface area contributed by atoms with Gasteiger partial charge in [-0.05, 0) is 18.2 Å². The zero-order valence-electron chi connectivity index (χ0n) is 11.5. The van der Waals surface area contributed by atoms with Crippen LogP contribution in [0.4, 0.5) is 11.4 Å². The zero-order valence-corrected chi connectivity index (χ0v) is 11.5. The van der Waals surface area contributed by atoms with Gasteiger partial charge in [-0.25, -0.2) is 4.99 Å².